The molecule has 0 spiro atoms. The monoisotopic (exact) mass is 350 g/mol. The Bertz CT molecular complexity index is 969. The third-order valence-corrected chi connectivity index (χ3v) is 4.84. The summed E-state index contributed by atoms with van der Waals surface area (Å²) in [4.78, 5) is 25.3. The van der Waals surface area contributed by atoms with Gasteiger partial charge in [0.25, 0.3) is 0 Å². The topological polar surface area (TPSA) is 81.2 Å². The van der Waals surface area contributed by atoms with Crippen LogP contribution >= 0.6 is 0 Å². The quantitative estimate of drug-likeness (QED) is 0.519. The predicted octanol–water partition coefficient (Wildman–Crippen LogP) is 2.37. The summed E-state index contributed by atoms with van der Waals surface area (Å²) < 4.78 is 6.98. The first-order valence-corrected chi connectivity index (χ1v) is 8.36. The highest BCUT2D eigenvalue weighted by Crippen LogP contribution is 2.37. The molecule has 1 atom stereocenters. The summed E-state index contributed by atoms with van der Waals surface area (Å²) in [5.74, 6) is 0.315. The Hall–Kier alpha value is -3.22. The molecule has 0 N–H and O–H groups in total. The number of carbonyl (C=O) groups is 2. The molecule has 0 saturated heterocycles. The van der Waals surface area contributed by atoms with Crippen LogP contribution in [-0.4, -0.2) is 27.0 Å². The van der Waals surface area contributed by atoms with E-state index in [2.05, 4.69) is 10.3 Å². The van der Waals surface area contributed by atoms with Crippen molar-refractivity contribution in [2.75, 3.05) is 4.90 Å². The number of carbonyl (C=O) groups excluding carboxylic acids is 2. The Kier molecular flexibility index (Phi) is 3.91. The molecule has 1 aromatic carbocycles. The van der Waals surface area contributed by atoms with Crippen molar-refractivity contribution >= 4 is 17.8 Å². The molecular weight excluding hydrogens is 332 g/mol. The molecular formula is C19H18N4O3. The van der Waals surface area contributed by atoms with Crippen LogP contribution in [0.15, 0.2) is 41.2 Å². The van der Waals surface area contributed by atoms with Gasteiger partial charge in [0, 0.05) is 18.3 Å². The minimum Gasteiger partial charge on any atom is -0.361 e. The fraction of sp³-hybridized carbons (Fsp3) is 0.263. The fourth-order valence-corrected chi connectivity index (χ4v) is 3.48. The molecule has 132 valence electrons. The van der Waals surface area contributed by atoms with Crippen molar-refractivity contribution in [3.8, 4) is 0 Å². The normalized spacial score (nSPS) is 15.9. The molecule has 1 aliphatic heterocycles. The number of ketones is 1. The van der Waals surface area contributed by atoms with E-state index in [0.29, 0.717) is 19.4 Å². The maximum atomic E-state index is 12.3. The second-order valence-electron chi connectivity index (χ2n) is 6.45. The Morgan fingerprint density at radius 2 is 2.15 bits per heavy atom. The van der Waals surface area contributed by atoms with Crippen molar-refractivity contribution < 1.29 is 14.1 Å². The van der Waals surface area contributed by atoms with Crippen LogP contribution < -0.4 is 4.90 Å². The first-order valence-electron chi connectivity index (χ1n) is 8.36. The second kappa shape index (κ2) is 6.25. The molecule has 0 radical (unpaired) electrons. The zero-order valence-corrected chi connectivity index (χ0v) is 14.5. The second-order valence-corrected chi connectivity index (χ2v) is 6.45. The minimum atomic E-state index is -0.597. The van der Waals surface area contributed by atoms with E-state index in [1.54, 1.807) is 10.9 Å². The SMILES string of the molecule is Cc1noc(C)c1Cn1cc(N2Cc3ccccc3C2C(=O)C=O)cn1. The molecule has 0 bridgehead atoms. The molecule has 0 aliphatic carbocycles. The molecule has 0 saturated carbocycles. The van der Waals surface area contributed by atoms with E-state index in [-0.39, 0.29) is 0 Å². The lowest BCUT2D eigenvalue weighted by Gasteiger charge is -2.22. The minimum absolute atomic E-state index is 0.397. The number of aldehydes is 1. The van der Waals surface area contributed by atoms with E-state index in [1.165, 1.54) is 0 Å². The van der Waals surface area contributed by atoms with E-state index in [0.717, 1.165) is 33.8 Å². The molecule has 0 fully saturated rings. The fourth-order valence-electron chi connectivity index (χ4n) is 3.48. The highest BCUT2D eigenvalue weighted by molar-refractivity contribution is 6.28. The third kappa shape index (κ3) is 2.61. The molecule has 2 aromatic heterocycles. The Labute approximate surface area is 150 Å². The maximum Gasteiger partial charge on any atom is 0.222 e. The summed E-state index contributed by atoms with van der Waals surface area (Å²) >= 11 is 0. The number of nitrogens with zero attached hydrogens (tertiary/aromatic N) is 4. The van der Waals surface area contributed by atoms with Gasteiger partial charge >= 0.3 is 0 Å². The van der Waals surface area contributed by atoms with Gasteiger partial charge in [-0.3, -0.25) is 14.3 Å². The van der Waals surface area contributed by atoms with Gasteiger partial charge in [-0.2, -0.15) is 5.10 Å². The summed E-state index contributed by atoms with van der Waals surface area (Å²) in [5.41, 5.74) is 4.55. The Balaban J connectivity index is 1.65. The average Bonchev–Trinajstić information content (AvgIpc) is 3.34. The number of anilines is 1. The number of aryl methyl sites for hydroxylation is 2. The summed E-state index contributed by atoms with van der Waals surface area (Å²) in [7, 11) is 0. The average molecular weight is 350 g/mol. The van der Waals surface area contributed by atoms with Crippen LogP contribution in [0.5, 0.6) is 0 Å². The van der Waals surface area contributed by atoms with Crippen LogP contribution in [0.3, 0.4) is 0 Å². The van der Waals surface area contributed by atoms with Crippen LogP contribution in [0, 0.1) is 13.8 Å². The highest BCUT2D eigenvalue weighted by atomic mass is 16.5. The molecule has 3 aromatic rings. The van der Waals surface area contributed by atoms with Gasteiger partial charge in [0.15, 0.2) is 6.29 Å². The number of benzene rings is 1. The lowest BCUT2D eigenvalue weighted by atomic mass is 10.0. The zero-order valence-electron chi connectivity index (χ0n) is 14.5. The summed E-state index contributed by atoms with van der Waals surface area (Å²) in [6.45, 7) is 4.87. The van der Waals surface area contributed by atoms with Crippen molar-refractivity contribution in [3.05, 3.63) is 64.8 Å². The molecule has 0 amide bonds. The van der Waals surface area contributed by atoms with E-state index < -0.39 is 11.8 Å². The molecule has 1 unspecified atom stereocenters. The molecule has 7 heteroatoms. The first-order chi connectivity index (χ1) is 12.6. The molecule has 1 aliphatic rings. The van der Waals surface area contributed by atoms with Gasteiger partial charge in [-0.15, -0.1) is 0 Å². The third-order valence-electron chi connectivity index (χ3n) is 4.84. The zero-order chi connectivity index (χ0) is 18.3. The Morgan fingerprint density at radius 3 is 2.88 bits per heavy atom. The summed E-state index contributed by atoms with van der Waals surface area (Å²) in [6.07, 6.45) is 3.99. The first kappa shape index (κ1) is 16.3. The van der Waals surface area contributed by atoms with Gasteiger partial charge in [0.1, 0.15) is 11.8 Å². The maximum absolute atomic E-state index is 12.3. The number of rotatable bonds is 5. The Morgan fingerprint density at radius 1 is 1.35 bits per heavy atom. The van der Waals surface area contributed by atoms with Crippen LogP contribution in [0.1, 0.15) is 34.2 Å². The standard InChI is InChI=1S/C19H18N4O3/c1-12-17(13(2)26-21-12)10-22-9-15(7-20-22)23-8-14-5-3-4-6-16(14)19(23)18(25)11-24/h3-7,9,11,19H,8,10H2,1-2H3. The van der Waals surface area contributed by atoms with Crippen molar-refractivity contribution in [1.29, 1.82) is 0 Å². The smallest absolute Gasteiger partial charge is 0.222 e. The van der Waals surface area contributed by atoms with Gasteiger partial charge in [-0.25, -0.2) is 0 Å². The lowest BCUT2D eigenvalue weighted by Crippen LogP contribution is -2.28. The molecule has 3 heterocycles. The van der Waals surface area contributed by atoms with Crippen molar-refractivity contribution in [2.45, 2.75) is 33.0 Å². The van der Waals surface area contributed by atoms with Crippen molar-refractivity contribution in [1.82, 2.24) is 14.9 Å². The number of hydrogen-bond donors (Lipinski definition) is 0. The van der Waals surface area contributed by atoms with Gasteiger partial charge < -0.3 is 9.42 Å². The number of aromatic nitrogens is 3. The van der Waals surface area contributed by atoms with Gasteiger partial charge in [-0.05, 0) is 25.0 Å². The van der Waals surface area contributed by atoms with Crippen molar-refractivity contribution in [3.63, 3.8) is 0 Å². The van der Waals surface area contributed by atoms with Gasteiger partial charge in [0.2, 0.25) is 5.78 Å². The van der Waals surface area contributed by atoms with E-state index in [9.17, 15) is 9.59 Å². The predicted molar refractivity (Wildman–Crippen MR) is 93.7 cm³/mol. The lowest BCUT2D eigenvalue weighted by molar-refractivity contribution is -0.130. The molecule has 4 rings (SSSR count). The van der Waals surface area contributed by atoms with Crippen LogP contribution in [0.25, 0.3) is 0 Å². The van der Waals surface area contributed by atoms with Crippen molar-refractivity contribution in [2.24, 2.45) is 0 Å². The van der Waals surface area contributed by atoms with Crippen LogP contribution in [-0.2, 0) is 22.7 Å². The van der Waals surface area contributed by atoms with Gasteiger partial charge in [-0.1, -0.05) is 29.4 Å². The van der Waals surface area contributed by atoms with E-state index >= 15 is 0 Å². The summed E-state index contributed by atoms with van der Waals surface area (Å²) in [6, 6.07) is 7.10. The number of Topliss-reactive ketones (excluding diaryl/α,β-unsaturated/α-hetero) is 1. The van der Waals surface area contributed by atoms with Gasteiger partial charge in [0.05, 0.1) is 24.1 Å². The van der Waals surface area contributed by atoms with Crippen LogP contribution in [0.4, 0.5) is 5.69 Å². The van der Waals surface area contributed by atoms with E-state index in [4.69, 9.17) is 4.52 Å². The number of hydrogen-bond acceptors (Lipinski definition) is 6. The van der Waals surface area contributed by atoms with E-state index in [1.807, 2.05) is 49.2 Å². The molecule has 7 nitrogen and oxygen atoms in total. The summed E-state index contributed by atoms with van der Waals surface area (Å²) in [5, 5.41) is 8.37. The molecule has 26 heavy (non-hydrogen) atoms. The van der Waals surface area contributed by atoms with Crippen LogP contribution in [0.2, 0.25) is 0 Å². The number of fused-ring (bicyclic) bond motifs is 1. The highest BCUT2D eigenvalue weighted by Gasteiger charge is 2.35. The largest absolute Gasteiger partial charge is 0.361 e.